The van der Waals surface area contributed by atoms with Crippen LogP contribution in [0.5, 0.6) is 0 Å². The van der Waals surface area contributed by atoms with Gasteiger partial charge >= 0.3 is 12.1 Å². The summed E-state index contributed by atoms with van der Waals surface area (Å²) in [5.41, 5.74) is 4.51. The molecule has 0 aliphatic heterocycles. The number of nitrogens with one attached hydrogen (secondary N) is 2. The van der Waals surface area contributed by atoms with Gasteiger partial charge in [0.25, 0.3) is 0 Å². The average molecular weight is 424 g/mol. The van der Waals surface area contributed by atoms with Crippen LogP contribution in [0.4, 0.5) is 4.79 Å². The molecule has 2 amide bonds. The molecule has 0 saturated heterocycles. The van der Waals surface area contributed by atoms with Gasteiger partial charge in [0, 0.05) is 12.0 Å². The van der Waals surface area contributed by atoms with E-state index in [0.29, 0.717) is 12.8 Å². The minimum absolute atomic E-state index is 0.0629. The molecule has 0 radical (unpaired) electrons. The van der Waals surface area contributed by atoms with Gasteiger partial charge in [-0.2, -0.15) is 0 Å². The first-order valence-electron chi connectivity index (χ1n) is 10.6. The molecule has 2 atom stereocenters. The molecule has 164 valence electrons. The summed E-state index contributed by atoms with van der Waals surface area (Å²) in [4.78, 5) is 35.8. The standard InChI is InChI=1S/C24H28N2O5/c1-3-15(13-22(27)28)25-23(29)21(4-2)26-24(30)31-14-20-18-11-7-5-9-16(18)17-10-6-8-12-19(17)20/h5-12,15,20-21H,3-4,13-14H2,1-2H3,(H,25,29)(H,26,30)(H,27,28)/t15-,21+/m0/s1. The molecular formula is C24H28N2O5. The Hall–Kier alpha value is -3.35. The quantitative estimate of drug-likeness (QED) is 0.570. The van der Waals surface area contributed by atoms with Crippen molar-refractivity contribution in [1.29, 1.82) is 0 Å². The molecule has 31 heavy (non-hydrogen) atoms. The normalized spacial score (nSPS) is 14.1. The number of fused-ring (bicyclic) bond motifs is 3. The molecule has 2 aromatic rings. The second-order valence-corrected chi connectivity index (χ2v) is 7.64. The van der Waals surface area contributed by atoms with E-state index < -0.39 is 30.1 Å². The third-order valence-electron chi connectivity index (χ3n) is 5.62. The van der Waals surface area contributed by atoms with Crippen molar-refractivity contribution in [2.75, 3.05) is 6.61 Å². The van der Waals surface area contributed by atoms with Gasteiger partial charge in [0.05, 0.1) is 6.42 Å². The lowest BCUT2D eigenvalue weighted by Gasteiger charge is -2.21. The number of alkyl carbamates (subject to hydrolysis) is 1. The number of carbonyl (C=O) groups is 3. The number of hydrogen-bond donors (Lipinski definition) is 3. The predicted molar refractivity (Wildman–Crippen MR) is 117 cm³/mol. The highest BCUT2D eigenvalue weighted by Crippen LogP contribution is 2.44. The first-order chi connectivity index (χ1) is 14.9. The smallest absolute Gasteiger partial charge is 0.407 e. The number of rotatable bonds is 9. The van der Waals surface area contributed by atoms with Gasteiger partial charge in [-0.3, -0.25) is 9.59 Å². The summed E-state index contributed by atoms with van der Waals surface area (Å²) in [6.07, 6.45) is 0.0119. The van der Waals surface area contributed by atoms with Crippen molar-refractivity contribution in [2.45, 2.75) is 51.1 Å². The molecule has 7 heteroatoms. The number of carboxylic acids is 1. The van der Waals surface area contributed by atoms with Crippen molar-refractivity contribution >= 4 is 18.0 Å². The maximum atomic E-state index is 12.5. The Bertz CT molecular complexity index is 913. The van der Waals surface area contributed by atoms with Gasteiger partial charge in [-0.15, -0.1) is 0 Å². The first kappa shape index (κ1) is 22.3. The van der Waals surface area contributed by atoms with Crippen LogP contribution >= 0.6 is 0 Å². The summed E-state index contributed by atoms with van der Waals surface area (Å²) >= 11 is 0. The highest BCUT2D eigenvalue weighted by molar-refractivity contribution is 5.86. The van der Waals surface area contributed by atoms with Gasteiger partial charge in [0.1, 0.15) is 12.6 Å². The van der Waals surface area contributed by atoms with Crippen LogP contribution in [0.1, 0.15) is 50.2 Å². The molecule has 1 aliphatic carbocycles. The molecule has 0 aromatic heterocycles. The van der Waals surface area contributed by atoms with Gasteiger partial charge < -0.3 is 20.5 Å². The second kappa shape index (κ2) is 10.1. The summed E-state index contributed by atoms with van der Waals surface area (Å²) in [5.74, 6) is -1.46. The molecule has 3 N–H and O–H groups in total. The maximum absolute atomic E-state index is 12.5. The fourth-order valence-electron chi connectivity index (χ4n) is 3.95. The highest BCUT2D eigenvalue weighted by atomic mass is 16.5. The van der Waals surface area contributed by atoms with E-state index in [1.807, 2.05) is 36.4 Å². The SMILES string of the molecule is CC[C@@H](CC(=O)O)NC(=O)[C@@H](CC)NC(=O)OCC1c2ccccc2-c2ccccc21. The van der Waals surface area contributed by atoms with Crippen molar-refractivity contribution < 1.29 is 24.2 Å². The number of ether oxygens (including phenoxy) is 1. The Morgan fingerprint density at radius 3 is 2.03 bits per heavy atom. The van der Waals surface area contributed by atoms with Crippen LogP contribution < -0.4 is 10.6 Å². The first-order valence-corrected chi connectivity index (χ1v) is 10.6. The van der Waals surface area contributed by atoms with Crippen molar-refractivity contribution in [3.8, 4) is 11.1 Å². The number of amides is 2. The fourth-order valence-corrected chi connectivity index (χ4v) is 3.95. The second-order valence-electron chi connectivity index (χ2n) is 7.64. The predicted octanol–water partition coefficient (Wildman–Crippen LogP) is 3.67. The van der Waals surface area contributed by atoms with Crippen molar-refractivity contribution in [3.05, 3.63) is 59.7 Å². The lowest BCUT2D eigenvalue weighted by molar-refractivity contribution is -0.137. The van der Waals surface area contributed by atoms with E-state index in [1.54, 1.807) is 13.8 Å². The Kier molecular flexibility index (Phi) is 7.28. The molecule has 3 rings (SSSR count). The maximum Gasteiger partial charge on any atom is 0.407 e. The third-order valence-corrected chi connectivity index (χ3v) is 5.62. The van der Waals surface area contributed by atoms with Gasteiger partial charge in [-0.1, -0.05) is 62.4 Å². The topological polar surface area (TPSA) is 105 Å². The van der Waals surface area contributed by atoms with E-state index in [4.69, 9.17) is 9.84 Å². The molecule has 0 saturated carbocycles. The van der Waals surface area contributed by atoms with Crippen LogP contribution in [-0.4, -0.2) is 41.8 Å². The minimum atomic E-state index is -0.982. The summed E-state index contributed by atoms with van der Waals surface area (Å²) in [5, 5.41) is 14.2. The van der Waals surface area contributed by atoms with Gasteiger partial charge in [-0.05, 0) is 35.1 Å². The van der Waals surface area contributed by atoms with Crippen LogP contribution in [-0.2, 0) is 14.3 Å². The molecule has 0 spiro atoms. The van der Waals surface area contributed by atoms with E-state index in [0.717, 1.165) is 22.3 Å². The largest absolute Gasteiger partial charge is 0.481 e. The summed E-state index contributed by atoms with van der Waals surface area (Å²) in [6, 6.07) is 14.8. The monoisotopic (exact) mass is 424 g/mol. The molecule has 0 unspecified atom stereocenters. The van der Waals surface area contributed by atoms with Crippen molar-refractivity contribution in [3.63, 3.8) is 0 Å². The third kappa shape index (κ3) is 5.23. The molecule has 7 nitrogen and oxygen atoms in total. The van der Waals surface area contributed by atoms with Crippen LogP contribution in [0.25, 0.3) is 11.1 Å². The molecule has 0 heterocycles. The number of hydrogen-bond acceptors (Lipinski definition) is 4. The summed E-state index contributed by atoms with van der Waals surface area (Å²) < 4.78 is 5.49. The Labute approximate surface area is 181 Å². The van der Waals surface area contributed by atoms with Crippen LogP contribution in [0.15, 0.2) is 48.5 Å². The zero-order valence-corrected chi connectivity index (χ0v) is 17.8. The number of benzene rings is 2. The van der Waals surface area contributed by atoms with Gasteiger partial charge in [0.15, 0.2) is 0 Å². The fraction of sp³-hybridized carbons (Fsp3) is 0.375. The lowest BCUT2D eigenvalue weighted by Crippen LogP contribution is -2.49. The molecule has 0 fully saturated rings. The number of carboxylic acid groups (broad SMARTS) is 1. The van der Waals surface area contributed by atoms with E-state index in [9.17, 15) is 14.4 Å². The van der Waals surface area contributed by atoms with Gasteiger partial charge in [0.2, 0.25) is 5.91 Å². The van der Waals surface area contributed by atoms with Crippen molar-refractivity contribution in [1.82, 2.24) is 10.6 Å². The Morgan fingerprint density at radius 2 is 1.52 bits per heavy atom. The molecule has 0 bridgehead atoms. The molecule has 1 aliphatic rings. The zero-order chi connectivity index (χ0) is 22.4. The van der Waals surface area contributed by atoms with Crippen LogP contribution in [0.2, 0.25) is 0 Å². The van der Waals surface area contributed by atoms with E-state index >= 15 is 0 Å². The van der Waals surface area contributed by atoms with Crippen LogP contribution in [0.3, 0.4) is 0 Å². The van der Waals surface area contributed by atoms with E-state index in [1.165, 1.54) is 0 Å². The summed E-state index contributed by atoms with van der Waals surface area (Å²) in [7, 11) is 0. The minimum Gasteiger partial charge on any atom is -0.481 e. The average Bonchev–Trinajstić information content (AvgIpc) is 3.09. The van der Waals surface area contributed by atoms with Gasteiger partial charge in [-0.25, -0.2) is 4.79 Å². The Morgan fingerprint density at radius 1 is 0.935 bits per heavy atom. The molecule has 2 aromatic carbocycles. The Balaban J connectivity index is 1.60. The van der Waals surface area contributed by atoms with E-state index in [-0.39, 0.29) is 18.9 Å². The van der Waals surface area contributed by atoms with Crippen LogP contribution in [0, 0.1) is 0 Å². The number of carbonyl (C=O) groups excluding carboxylic acids is 2. The lowest BCUT2D eigenvalue weighted by atomic mass is 9.98. The van der Waals surface area contributed by atoms with Crippen molar-refractivity contribution in [2.24, 2.45) is 0 Å². The zero-order valence-electron chi connectivity index (χ0n) is 17.8. The highest BCUT2D eigenvalue weighted by Gasteiger charge is 2.29. The number of aliphatic carboxylic acids is 1. The summed E-state index contributed by atoms with van der Waals surface area (Å²) in [6.45, 7) is 3.73. The molecular weight excluding hydrogens is 396 g/mol. The van der Waals surface area contributed by atoms with E-state index in [2.05, 4.69) is 22.8 Å².